The minimum atomic E-state index is -0.147. The average Bonchev–Trinajstić information content (AvgIpc) is 2.79. The molecule has 1 aromatic carbocycles. The van der Waals surface area contributed by atoms with Gasteiger partial charge < -0.3 is 4.74 Å². The fourth-order valence-electron chi connectivity index (χ4n) is 5.61. The van der Waals surface area contributed by atoms with Crippen LogP contribution in [0.3, 0.4) is 0 Å². The van der Waals surface area contributed by atoms with Crippen LogP contribution in [0.2, 0.25) is 0 Å². The minimum Gasteiger partial charge on any atom is -0.458 e. The number of hydrogen-bond donors (Lipinski definition) is 0. The highest BCUT2D eigenvalue weighted by atomic mass is 16.5. The quantitative estimate of drug-likeness (QED) is 0.434. The zero-order valence-corrected chi connectivity index (χ0v) is 18.9. The smallest absolute Gasteiger partial charge is 0.338 e. The van der Waals surface area contributed by atoms with Crippen molar-refractivity contribution in [3.05, 3.63) is 52.6 Å². The lowest BCUT2D eigenvalue weighted by Crippen LogP contribution is -2.27. The molecular formula is C28H38O2. The molecule has 0 saturated heterocycles. The molecule has 30 heavy (non-hydrogen) atoms. The zero-order valence-electron chi connectivity index (χ0n) is 18.9. The Balaban J connectivity index is 1.33. The molecule has 1 fully saturated rings. The number of hydrogen-bond acceptors (Lipinski definition) is 2. The summed E-state index contributed by atoms with van der Waals surface area (Å²) in [6, 6.07) is 6.40. The van der Waals surface area contributed by atoms with Gasteiger partial charge in [0.15, 0.2) is 0 Å². The molecule has 2 nitrogen and oxygen atoms in total. The highest BCUT2D eigenvalue weighted by Crippen LogP contribution is 2.36. The highest BCUT2D eigenvalue weighted by molar-refractivity contribution is 5.93. The van der Waals surface area contributed by atoms with Crippen LogP contribution < -0.4 is 0 Å². The molecule has 1 aromatic rings. The van der Waals surface area contributed by atoms with Gasteiger partial charge in [-0.05, 0) is 66.7 Å². The van der Waals surface area contributed by atoms with Gasteiger partial charge in [0, 0.05) is 6.42 Å². The Labute approximate surface area is 182 Å². The Morgan fingerprint density at radius 1 is 0.967 bits per heavy atom. The van der Waals surface area contributed by atoms with Gasteiger partial charge in [-0.2, -0.15) is 0 Å². The lowest BCUT2D eigenvalue weighted by atomic mass is 9.77. The van der Waals surface area contributed by atoms with E-state index < -0.39 is 0 Å². The van der Waals surface area contributed by atoms with Crippen LogP contribution >= 0.6 is 0 Å². The lowest BCUT2D eigenvalue weighted by Gasteiger charge is -2.28. The van der Waals surface area contributed by atoms with Crippen molar-refractivity contribution in [3.63, 3.8) is 0 Å². The third kappa shape index (κ3) is 5.07. The average molecular weight is 407 g/mol. The molecule has 2 heteroatoms. The molecule has 0 amide bonds. The van der Waals surface area contributed by atoms with Crippen molar-refractivity contribution in [1.82, 2.24) is 0 Å². The van der Waals surface area contributed by atoms with Crippen molar-refractivity contribution in [2.45, 2.75) is 97.0 Å². The standard InChI is InChI=1S/C28H38O2/c1-3-5-20-6-8-21(9-7-20)10-11-22-12-14-23(15-13-22)24-16-17-25-18-26(4-2)30-28(29)27(25)19-24/h12,14,16-17,19-21,26H,3-11,13,15,18H2,1-2H3. The molecular weight excluding hydrogens is 368 g/mol. The topological polar surface area (TPSA) is 26.3 Å². The van der Waals surface area contributed by atoms with E-state index in [-0.39, 0.29) is 12.1 Å². The Morgan fingerprint density at radius 2 is 1.73 bits per heavy atom. The molecule has 0 spiro atoms. The molecule has 4 rings (SSSR count). The van der Waals surface area contributed by atoms with Gasteiger partial charge in [-0.3, -0.25) is 0 Å². The number of esters is 1. The predicted molar refractivity (Wildman–Crippen MR) is 125 cm³/mol. The molecule has 0 aromatic heterocycles. The summed E-state index contributed by atoms with van der Waals surface area (Å²) in [6.07, 6.45) is 19.9. The summed E-state index contributed by atoms with van der Waals surface area (Å²) in [5, 5.41) is 0. The molecule has 1 aliphatic heterocycles. The van der Waals surface area contributed by atoms with Crippen LogP contribution in [0.4, 0.5) is 0 Å². The van der Waals surface area contributed by atoms with E-state index in [4.69, 9.17) is 4.74 Å². The van der Waals surface area contributed by atoms with Crippen LogP contribution in [-0.4, -0.2) is 12.1 Å². The Morgan fingerprint density at radius 3 is 2.40 bits per heavy atom. The number of carbonyl (C=O) groups excluding carboxylic acids is 1. The number of ether oxygens (including phenoxy) is 1. The third-order valence-corrected chi connectivity index (χ3v) is 7.65. The van der Waals surface area contributed by atoms with Gasteiger partial charge in [0.25, 0.3) is 0 Å². The lowest BCUT2D eigenvalue weighted by molar-refractivity contribution is 0.0249. The first-order chi connectivity index (χ1) is 14.7. The van der Waals surface area contributed by atoms with Crippen molar-refractivity contribution in [2.24, 2.45) is 11.8 Å². The number of rotatable bonds is 7. The van der Waals surface area contributed by atoms with Gasteiger partial charge in [-0.15, -0.1) is 0 Å². The molecule has 0 bridgehead atoms. The van der Waals surface area contributed by atoms with E-state index in [1.54, 1.807) is 5.57 Å². The normalized spacial score (nSPS) is 26.5. The first kappa shape index (κ1) is 21.4. The van der Waals surface area contributed by atoms with Gasteiger partial charge in [0.2, 0.25) is 0 Å². The van der Waals surface area contributed by atoms with Crippen LogP contribution in [0.15, 0.2) is 35.9 Å². The maximum absolute atomic E-state index is 12.4. The fraction of sp³-hybridized carbons (Fsp3) is 0.607. The molecule has 1 saturated carbocycles. The molecule has 2 aliphatic carbocycles. The number of benzene rings is 1. The molecule has 1 heterocycles. The third-order valence-electron chi connectivity index (χ3n) is 7.65. The number of allylic oxidation sites excluding steroid dienone is 4. The monoisotopic (exact) mass is 406 g/mol. The van der Waals surface area contributed by atoms with E-state index in [1.807, 2.05) is 0 Å². The van der Waals surface area contributed by atoms with Crippen LogP contribution in [0.5, 0.6) is 0 Å². The van der Waals surface area contributed by atoms with E-state index >= 15 is 0 Å². The van der Waals surface area contributed by atoms with Gasteiger partial charge in [-0.1, -0.05) is 82.2 Å². The number of fused-ring (bicyclic) bond motifs is 1. The van der Waals surface area contributed by atoms with Gasteiger partial charge in [-0.25, -0.2) is 4.79 Å². The maximum atomic E-state index is 12.4. The van der Waals surface area contributed by atoms with Crippen LogP contribution in [0.25, 0.3) is 5.57 Å². The van der Waals surface area contributed by atoms with Crippen molar-refractivity contribution in [3.8, 4) is 0 Å². The maximum Gasteiger partial charge on any atom is 0.338 e. The molecule has 3 aliphatic rings. The first-order valence-electron chi connectivity index (χ1n) is 12.4. The van der Waals surface area contributed by atoms with Crippen LogP contribution in [0.1, 0.15) is 106 Å². The summed E-state index contributed by atoms with van der Waals surface area (Å²) in [7, 11) is 0. The molecule has 0 N–H and O–H groups in total. The summed E-state index contributed by atoms with van der Waals surface area (Å²) in [5.74, 6) is 1.81. The minimum absolute atomic E-state index is 0.0388. The number of cyclic esters (lactones) is 1. The van der Waals surface area contributed by atoms with Crippen LogP contribution in [0, 0.1) is 11.8 Å². The second-order valence-electron chi connectivity index (χ2n) is 9.74. The summed E-state index contributed by atoms with van der Waals surface area (Å²) in [6.45, 7) is 4.40. The second-order valence-corrected chi connectivity index (χ2v) is 9.74. The fourth-order valence-corrected chi connectivity index (χ4v) is 5.61. The largest absolute Gasteiger partial charge is 0.458 e. The van der Waals surface area contributed by atoms with E-state index in [0.29, 0.717) is 0 Å². The van der Waals surface area contributed by atoms with E-state index in [1.165, 1.54) is 62.5 Å². The van der Waals surface area contributed by atoms with E-state index in [9.17, 15) is 4.79 Å². The molecule has 162 valence electrons. The molecule has 1 unspecified atom stereocenters. The Kier molecular flexibility index (Phi) is 7.12. The second kappa shape index (κ2) is 9.98. The van der Waals surface area contributed by atoms with Crippen molar-refractivity contribution < 1.29 is 9.53 Å². The van der Waals surface area contributed by atoms with Crippen molar-refractivity contribution in [1.29, 1.82) is 0 Å². The summed E-state index contributed by atoms with van der Waals surface area (Å²) in [5.41, 5.74) is 6.06. The van der Waals surface area contributed by atoms with E-state index in [2.05, 4.69) is 44.2 Å². The van der Waals surface area contributed by atoms with Crippen molar-refractivity contribution >= 4 is 11.5 Å². The predicted octanol–water partition coefficient (Wildman–Crippen LogP) is 7.67. The Bertz CT molecular complexity index is 808. The number of carbonyl (C=O) groups is 1. The van der Waals surface area contributed by atoms with Gasteiger partial charge in [0.1, 0.15) is 6.10 Å². The summed E-state index contributed by atoms with van der Waals surface area (Å²) in [4.78, 5) is 12.4. The zero-order chi connectivity index (χ0) is 20.9. The first-order valence-corrected chi connectivity index (χ1v) is 12.4. The van der Waals surface area contributed by atoms with E-state index in [0.717, 1.165) is 48.6 Å². The molecule has 1 atom stereocenters. The van der Waals surface area contributed by atoms with Gasteiger partial charge >= 0.3 is 5.97 Å². The van der Waals surface area contributed by atoms with Crippen molar-refractivity contribution in [2.75, 3.05) is 0 Å². The SMILES string of the molecule is CCCC1CCC(CCC2=CC=C(c3ccc4c(c3)C(=O)OC(CC)C4)CC2)CC1. The summed E-state index contributed by atoms with van der Waals surface area (Å²) >= 11 is 0. The van der Waals surface area contributed by atoms with Crippen LogP contribution in [-0.2, 0) is 11.2 Å². The molecule has 0 radical (unpaired) electrons. The highest BCUT2D eigenvalue weighted by Gasteiger charge is 2.26. The van der Waals surface area contributed by atoms with Gasteiger partial charge in [0.05, 0.1) is 5.56 Å². The summed E-state index contributed by atoms with van der Waals surface area (Å²) < 4.78 is 5.56. The Hall–Kier alpha value is -1.83.